The van der Waals surface area contributed by atoms with Crippen molar-refractivity contribution in [3.05, 3.63) is 0 Å². The van der Waals surface area contributed by atoms with Crippen molar-refractivity contribution in [3.63, 3.8) is 0 Å². The summed E-state index contributed by atoms with van der Waals surface area (Å²) in [7, 11) is 0. The molecule has 20 heavy (non-hydrogen) atoms. The molecule has 0 aliphatic carbocycles. The number of nitrogens with zero attached hydrogens (tertiary/aromatic N) is 1. The zero-order valence-corrected chi connectivity index (χ0v) is 13.9. The average Bonchev–Trinajstić information content (AvgIpc) is 2.33. The maximum Gasteiger partial charge on any atom is 0.0760 e. The molecule has 0 spiro atoms. The highest BCUT2D eigenvalue weighted by Crippen LogP contribution is 2.30. The summed E-state index contributed by atoms with van der Waals surface area (Å²) in [4.78, 5) is 2.58. The lowest BCUT2D eigenvalue weighted by molar-refractivity contribution is -0.195. The van der Waals surface area contributed by atoms with Gasteiger partial charge < -0.3 is 14.8 Å². The van der Waals surface area contributed by atoms with E-state index in [0.717, 1.165) is 39.3 Å². The van der Waals surface area contributed by atoms with Gasteiger partial charge in [0, 0.05) is 31.8 Å². The topological polar surface area (TPSA) is 33.7 Å². The molecule has 0 bridgehead atoms. The first-order valence-electron chi connectivity index (χ1n) is 8.08. The first-order chi connectivity index (χ1) is 9.33. The molecule has 2 aliphatic rings. The molecule has 0 amide bonds. The minimum atomic E-state index is -0.0888. The molecule has 2 rings (SSSR count). The largest absolute Gasteiger partial charge is 0.380 e. The Balaban J connectivity index is 2.06. The second-order valence-corrected chi connectivity index (χ2v) is 7.52. The SMILES string of the molecule is CCCNC1CCOCC1N1CC(C)(C)OC(C)(C)C1. The van der Waals surface area contributed by atoms with Gasteiger partial charge in [-0.15, -0.1) is 0 Å². The molecule has 0 saturated carbocycles. The summed E-state index contributed by atoms with van der Waals surface area (Å²) in [5, 5.41) is 3.71. The Morgan fingerprint density at radius 1 is 1.15 bits per heavy atom. The summed E-state index contributed by atoms with van der Waals surface area (Å²) in [5.41, 5.74) is -0.178. The van der Waals surface area contributed by atoms with Crippen molar-refractivity contribution in [1.82, 2.24) is 10.2 Å². The third-order valence-corrected chi connectivity index (χ3v) is 4.17. The molecule has 2 saturated heterocycles. The number of hydrogen-bond donors (Lipinski definition) is 1. The molecule has 2 heterocycles. The Labute approximate surface area is 124 Å². The Morgan fingerprint density at radius 3 is 2.40 bits per heavy atom. The summed E-state index contributed by atoms with van der Waals surface area (Å²) in [6, 6.07) is 1.02. The molecule has 2 aliphatic heterocycles. The monoisotopic (exact) mass is 284 g/mol. The predicted molar refractivity (Wildman–Crippen MR) is 82.1 cm³/mol. The third-order valence-electron chi connectivity index (χ3n) is 4.17. The number of hydrogen-bond acceptors (Lipinski definition) is 4. The van der Waals surface area contributed by atoms with Crippen molar-refractivity contribution in [3.8, 4) is 0 Å². The van der Waals surface area contributed by atoms with E-state index in [0.29, 0.717) is 12.1 Å². The number of rotatable bonds is 4. The molecule has 2 unspecified atom stereocenters. The maximum atomic E-state index is 6.20. The minimum Gasteiger partial charge on any atom is -0.380 e. The van der Waals surface area contributed by atoms with Gasteiger partial charge in [-0.25, -0.2) is 0 Å². The van der Waals surface area contributed by atoms with Gasteiger partial charge >= 0.3 is 0 Å². The van der Waals surface area contributed by atoms with Gasteiger partial charge in [-0.3, -0.25) is 4.90 Å². The number of nitrogens with one attached hydrogen (secondary N) is 1. The van der Waals surface area contributed by atoms with E-state index in [9.17, 15) is 0 Å². The van der Waals surface area contributed by atoms with Crippen LogP contribution in [0.1, 0.15) is 47.5 Å². The van der Waals surface area contributed by atoms with Crippen LogP contribution in [-0.4, -0.2) is 61.0 Å². The van der Waals surface area contributed by atoms with Crippen molar-refractivity contribution in [2.24, 2.45) is 0 Å². The van der Waals surface area contributed by atoms with Crippen LogP contribution in [0.5, 0.6) is 0 Å². The van der Waals surface area contributed by atoms with Crippen LogP contribution in [0.3, 0.4) is 0 Å². The Hall–Kier alpha value is -0.160. The zero-order valence-electron chi connectivity index (χ0n) is 13.9. The van der Waals surface area contributed by atoms with E-state index in [2.05, 4.69) is 44.8 Å². The lowest BCUT2D eigenvalue weighted by Crippen LogP contribution is -2.65. The van der Waals surface area contributed by atoms with Crippen molar-refractivity contribution in [1.29, 1.82) is 0 Å². The van der Waals surface area contributed by atoms with Crippen LogP contribution in [-0.2, 0) is 9.47 Å². The molecule has 4 nitrogen and oxygen atoms in total. The van der Waals surface area contributed by atoms with Crippen LogP contribution < -0.4 is 5.32 Å². The first kappa shape index (κ1) is 16.2. The fourth-order valence-electron chi connectivity index (χ4n) is 3.73. The highest BCUT2D eigenvalue weighted by atomic mass is 16.5. The lowest BCUT2D eigenvalue weighted by Gasteiger charge is -2.51. The maximum absolute atomic E-state index is 6.20. The summed E-state index contributed by atoms with van der Waals surface area (Å²) in [6.07, 6.45) is 2.30. The Morgan fingerprint density at radius 2 is 1.80 bits per heavy atom. The molecule has 0 radical (unpaired) electrons. The Kier molecular flexibility index (Phi) is 5.11. The van der Waals surface area contributed by atoms with Gasteiger partial charge in [0.1, 0.15) is 0 Å². The van der Waals surface area contributed by atoms with Gasteiger partial charge in [0.05, 0.1) is 17.8 Å². The van der Waals surface area contributed by atoms with E-state index < -0.39 is 0 Å². The van der Waals surface area contributed by atoms with E-state index in [4.69, 9.17) is 9.47 Å². The summed E-state index contributed by atoms with van der Waals surface area (Å²) >= 11 is 0. The molecular weight excluding hydrogens is 252 g/mol. The molecule has 0 aromatic carbocycles. The van der Waals surface area contributed by atoms with E-state index >= 15 is 0 Å². The van der Waals surface area contributed by atoms with Crippen LogP contribution in [0.25, 0.3) is 0 Å². The van der Waals surface area contributed by atoms with Gasteiger partial charge in [0.25, 0.3) is 0 Å². The fourth-order valence-corrected chi connectivity index (χ4v) is 3.73. The van der Waals surface area contributed by atoms with Crippen LogP contribution >= 0.6 is 0 Å². The highest BCUT2D eigenvalue weighted by Gasteiger charge is 2.42. The lowest BCUT2D eigenvalue weighted by atomic mass is 9.93. The minimum absolute atomic E-state index is 0.0888. The average molecular weight is 284 g/mol. The second-order valence-electron chi connectivity index (χ2n) is 7.52. The van der Waals surface area contributed by atoms with Gasteiger partial charge in [-0.2, -0.15) is 0 Å². The van der Waals surface area contributed by atoms with Crippen LogP contribution in [0.2, 0.25) is 0 Å². The van der Waals surface area contributed by atoms with Gasteiger partial charge in [0.15, 0.2) is 0 Å². The first-order valence-corrected chi connectivity index (χ1v) is 8.08. The number of morpholine rings is 1. The van der Waals surface area contributed by atoms with Crippen LogP contribution in [0.4, 0.5) is 0 Å². The molecule has 1 N–H and O–H groups in total. The highest BCUT2D eigenvalue weighted by molar-refractivity contribution is 4.96. The summed E-state index contributed by atoms with van der Waals surface area (Å²) < 4.78 is 12.0. The number of ether oxygens (including phenoxy) is 2. The third kappa shape index (κ3) is 4.17. The van der Waals surface area contributed by atoms with Crippen LogP contribution in [0.15, 0.2) is 0 Å². The summed E-state index contributed by atoms with van der Waals surface area (Å²) in [6.45, 7) is 15.8. The van der Waals surface area contributed by atoms with Crippen molar-refractivity contribution in [2.75, 3.05) is 32.8 Å². The molecule has 118 valence electrons. The van der Waals surface area contributed by atoms with E-state index in [1.165, 1.54) is 6.42 Å². The van der Waals surface area contributed by atoms with Crippen molar-refractivity contribution in [2.45, 2.75) is 70.7 Å². The zero-order chi connectivity index (χ0) is 14.8. The molecule has 2 fully saturated rings. The van der Waals surface area contributed by atoms with Gasteiger partial charge in [0.2, 0.25) is 0 Å². The van der Waals surface area contributed by atoms with E-state index in [1.54, 1.807) is 0 Å². The predicted octanol–water partition coefficient (Wildman–Crippen LogP) is 2.03. The second kappa shape index (κ2) is 6.30. The smallest absolute Gasteiger partial charge is 0.0760 e. The summed E-state index contributed by atoms with van der Waals surface area (Å²) in [5.74, 6) is 0. The fraction of sp³-hybridized carbons (Fsp3) is 1.00. The van der Waals surface area contributed by atoms with Crippen LogP contribution in [0, 0.1) is 0 Å². The molecule has 2 atom stereocenters. The van der Waals surface area contributed by atoms with Crippen molar-refractivity contribution >= 4 is 0 Å². The molecule has 4 heteroatoms. The molecule has 0 aromatic heterocycles. The van der Waals surface area contributed by atoms with Gasteiger partial charge in [-0.1, -0.05) is 6.92 Å². The standard InChI is InChI=1S/C16H32N2O2/c1-6-8-17-13-7-9-19-10-14(13)18-11-15(2,3)20-16(4,5)12-18/h13-14,17H,6-12H2,1-5H3. The quantitative estimate of drug-likeness (QED) is 0.856. The Bertz CT molecular complexity index is 302. The van der Waals surface area contributed by atoms with E-state index in [1.807, 2.05) is 0 Å². The van der Waals surface area contributed by atoms with Gasteiger partial charge in [-0.05, 0) is 47.1 Å². The molecular formula is C16H32N2O2. The normalized spacial score (nSPS) is 34.0. The van der Waals surface area contributed by atoms with E-state index in [-0.39, 0.29) is 11.2 Å². The van der Waals surface area contributed by atoms with Crippen molar-refractivity contribution < 1.29 is 9.47 Å². The molecule has 0 aromatic rings.